The molecule has 1 atom stereocenters. The number of carbonyl (C=O) groups is 1. The number of alkyl halides is 3. The fourth-order valence-electron chi connectivity index (χ4n) is 4.34. The van der Waals surface area contributed by atoms with E-state index in [-0.39, 0.29) is 11.3 Å². The van der Waals surface area contributed by atoms with Crippen LogP contribution in [0.25, 0.3) is 5.70 Å². The molecule has 3 heterocycles. The highest BCUT2D eigenvalue weighted by Crippen LogP contribution is 2.53. The topological polar surface area (TPSA) is 55.7 Å². The third-order valence-electron chi connectivity index (χ3n) is 5.41. The molecular weight excluding hydrogens is 359 g/mol. The van der Waals surface area contributed by atoms with Gasteiger partial charge in [0.15, 0.2) is 11.4 Å². The Morgan fingerprint density at radius 3 is 2.74 bits per heavy atom. The van der Waals surface area contributed by atoms with Crippen molar-refractivity contribution in [1.82, 2.24) is 0 Å². The first-order valence-electron chi connectivity index (χ1n) is 8.65. The summed E-state index contributed by atoms with van der Waals surface area (Å²) in [6, 6.07) is 4.96. The van der Waals surface area contributed by atoms with Crippen molar-refractivity contribution in [1.29, 1.82) is 0 Å². The molecule has 1 amide bonds. The summed E-state index contributed by atoms with van der Waals surface area (Å²) in [6.07, 6.45) is 0.926. The van der Waals surface area contributed by atoms with Gasteiger partial charge in [-0.05, 0) is 37.0 Å². The Kier molecular flexibility index (Phi) is 3.15. The van der Waals surface area contributed by atoms with Gasteiger partial charge in [0.25, 0.3) is 0 Å². The minimum Gasteiger partial charge on any atom is -0.614 e. The molecule has 0 saturated carbocycles. The van der Waals surface area contributed by atoms with Gasteiger partial charge in [-0.15, -0.1) is 0 Å². The normalized spacial score (nSPS) is 26.2. The molecule has 1 aromatic carbocycles. The van der Waals surface area contributed by atoms with Crippen LogP contribution in [-0.2, 0) is 11.2 Å². The molecule has 0 saturated heterocycles. The second kappa shape index (κ2) is 5.17. The maximum absolute atomic E-state index is 13.9. The Hall–Kier alpha value is -2.71. The highest BCUT2D eigenvalue weighted by atomic mass is 19.4. The highest BCUT2D eigenvalue weighted by molar-refractivity contribution is 6.26. The van der Waals surface area contributed by atoms with Crippen LogP contribution in [0.4, 0.5) is 18.9 Å². The number of nitrogens with zero attached hydrogens (tertiary/aromatic N) is 3. The van der Waals surface area contributed by atoms with Crippen LogP contribution < -0.4 is 4.90 Å². The minimum atomic E-state index is -4.85. The van der Waals surface area contributed by atoms with Gasteiger partial charge in [-0.3, -0.25) is 0 Å². The van der Waals surface area contributed by atoms with Crippen LogP contribution in [0.2, 0.25) is 0 Å². The lowest BCUT2D eigenvalue weighted by Gasteiger charge is -2.43. The van der Waals surface area contributed by atoms with Gasteiger partial charge in [-0.25, -0.2) is 14.4 Å². The van der Waals surface area contributed by atoms with Gasteiger partial charge in [-0.2, -0.15) is 13.2 Å². The summed E-state index contributed by atoms with van der Waals surface area (Å²) in [5.41, 5.74) is 0.228. The van der Waals surface area contributed by atoms with E-state index in [0.717, 1.165) is 5.56 Å². The minimum absolute atomic E-state index is 0.0539. The van der Waals surface area contributed by atoms with Gasteiger partial charge in [0.2, 0.25) is 5.70 Å². The number of allylic oxidation sites excluding steroid dienone is 3. The van der Waals surface area contributed by atoms with Crippen LogP contribution in [0, 0.1) is 5.21 Å². The van der Waals surface area contributed by atoms with Crippen LogP contribution in [-0.4, -0.2) is 29.5 Å². The van der Waals surface area contributed by atoms with Crippen molar-refractivity contribution in [2.75, 3.05) is 11.4 Å². The summed E-state index contributed by atoms with van der Waals surface area (Å²) in [5.74, 6) is -1.02. The van der Waals surface area contributed by atoms with Gasteiger partial charge in [0.1, 0.15) is 11.9 Å². The van der Waals surface area contributed by atoms with Crippen LogP contribution in [0.3, 0.4) is 0 Å². The summed E-state index contributed by atoms with van der Waals surface area (Å²) in [4.78, 5) is 17.9. The molecule has 1 unspecified atom stereocenters. The molecule has 27 heavy (non-hydrogen) atoms. The van der Waals surface area contributed by atoms with Crippen molar-refractivity contribution in [3.63, 3.8) is 0 Å². The lowest BCUT2D eigenvalue weighted by atomic mass is 10.0. The zero-order valence-corrected chi connectivity index (χ0v) is 14.1. The summed E-state index contributed by atoms with van der Waals surface area (Å²) in [5, 5.41) is 13.9. The molecule has 5 rings (SSSR count). The maximum atomic E-state index is 13.9. The number of rotatable bonds is 0. The molecule has 0 N–H and O–H groups in total. The summed E-state index contributed by atoms with van der Waals surface area (Å²) in [7, 11) is 0. The second-order valence-electron chi connectivity index (χ2n) is 6.87. The smallest absolute Gasteiger partial charge is 0.439 e. The molecule has 138 valence electrons. The van der Waals surface area contributed by atoms with Crippen LogP contribution >= 0.6 is 0 Å². The molecule has 5 nitrogen and oxygen atoms in total. The largest absolute Gasteiger partial charge is 0.614 e. The summed E-state index contributed by atoms with van der Waals surface area (Å²) in [6.45, 7) is 0.555. The van der Waals surface area contributed by atoms with Gasteiger partial charge >= 0.3 is 12.1 Å². The molecule has 0 bridgehead atoms. The van der Waals surface area contributed by atoms with Gasteiger partial charge in [0.05, 0.1) is 11.3 Å². The predicted octanol–water partition coefficient (Wildman–Crippen LogP) is 3.78. The summed E-state index contributed by atoms with van der Waals surface area (Å²) < 4.78 is 39.6. The number of benzene rings is 1. The third kappa shape index (κ3) is 2.02. The highest BCUT2D eigenvalue weighted by Gasteiger charge is 2.54. The third-order valence-corrected chi connectivity index (χ3v) is 5.41. The first kappa shape index (κ1) is 16.5. The number of fused-ring (bicyclic) bond motifs is 5. The van der Waals surface area contributed by atoms with Crippen molar-refractivity contribution in [2.45, 2.75) is 25.4 Å². The van der Waals surface area contributed by atoms with Crippen LogP contribution in [0.1, 0.15) is 24.0 Å². The van der Waals surface area contributed by atoms with E-state index in [9.17, 15) is 23.2 Å². The Labute approximate surface area is 152 Å². The SMILES string of the molecule is O=C1C=NC(C(F)(F)F)=C2c3cccc4c3N(CC4)C3=CCCC=C3[N+]12[O-]. The van der Waals surface area contributed by atoms with E-state index in [1.807, 2.05) is 17.0 Å². The average Bonchev–Trinajstić information content (AvgIpc) is 3.03. The maximum Gasteiger partial charge on any atom is 0.439 e. The van der Waals surface area contributed by atoms with Gasteiger partial charge in [0, 0.05) is 6.54 Å². The second-order valence-corrected chi connectivity index (χ2v) is 6.87. The first-order valence-corrected chi connectivity index (χ1v) is 8.65. The van der Waals surface area contributed by atoms with E-state index in [1.54, 1.807) is 12.1 Å². The Balaban J connectivity index is 1.96. The Bertz CT molecular complexity index is 1020. The quantitative estimate of drug-likeness (QED) is 0.514. The zero-order chi connectivity index (χ0) is 19.0. The Morgan fingerprint density at radius 2 is 1.96 bits per heavy atom. The number of hydrogen-bond acceptors (Lipinski definition) is 4. The zero-order valence-electron chi connectivity index (χ0n) is 14.1. The summed E-state index contributed by atoms with van der Waals surface area (Å²) >= 11 is 0. The number of hydroxylamine groups is 3. The average molecular weight is 373 g/mol. The molecule has 0 fully saturated rings. The van der Waals surface area contributed by atoms with Crippen molar-refractivity contribution in [3.8, 4) is 0 Å². The van der Waals surface area contributed by atoms with Crippen molar-refractivity contribution < 1.29 is 22.6 Å². The van der Waals surface area contributed by atoms with Crippen molar-refractivity contribution in [3.05, 3.63) is 63.8 Å². The van der Waals surface area contributed by atoms with Gasteiger partial charge < -0.3 is 10.1 Å². The lowest BCUT2D eigenvalue weighted by Crippen LogP contribution is -2.49. The van der Waals surface area contributed by atoms with E-state index in [4.69, 9.17) is 0 Å². The molecule has 4 aliphatic rings. The molecule has 3 aliphatic heterocycles. The number of anilines is 1. The number of halogens is 3. The Morgan fingerprint density at radius 1 is 1.19 bits per heavy atom. The molecule has 0 spiro atoms. The fraction of sp³-hybridized carbons (Fsp3) is 0.263. The number of aliphatic imine (C=N–C) groups is 1. The van der Waals surface area contributed by atoms with E-state index in [1.165, 1.54) is 6.07 Å². The molecule has 8 heteroatoms. The van der Waals surface area contributed by atoms with E-state index in [2.05, 4.69) is 4.99 Å². The van der Waals surface area contributed by atoms with Crippen LogP contribution in [0.5, 0.6) is 0 Å². The number of carbonyl (C=O) groups excluding carboxylic acids is 1. The number of hydrogen-bond donors (Lipinski definition) is 0. The molecule has 0 radical (unpaired) electrons. The van der Waals surface area contributed by atoms with E-state index in [0.29, 0.717) is 43.4 Å². The lowest BCUT2D eigenvalue weighted by molar-refractivity contribution is -0.678. The predicted molar refractivity (Wildman–Crippen MR) is 93.0 cm³/mol. The first-order chi connectivity index (χ1) is 12.8. The van der Waals surface area contributed by atoms with E-state index >= 15 is 0 Å². The van der Waals surface area contributed by atoms with Crippen molar-refractivity contribution in [2.24, 2.45) is 4.99 Å². The molecular formula is C19H14F3N3O2. The molecule has 1 aromatic rings. The van der Waals surface area contributed by atoms with E-state index < -0.39 is 28.1 Å². The van der Waals surface area contributed by atoms with Gasteiger partial charge in [-0.1, -0.05) is 18.2 Å². The molecule has 1 aliphatic carbocycles. The number of para-hydroxylation sites is 1. The standard InChI is InChI=1S/C19H14F3N3O2/c20-19(21,22)18-17-12-5-3-4-11-8-9-24(16(11)12)13-6-1-2-7-14(13)25(17,27)15(26)10-23-18/h3-7,10H,1-2,8-9H2. The fourth-order valence-corrected chi connectivity index (χ4v) is 4.34. The monoisotopic (exact) mass is 373 g/mol. The van der Waals surface area contributed by atoms with Crippen LogP contribution in [0.15, 0.2) is 52.4 Å². The number of amides is 1. The number of quaternary nitrogens is 1. The molecule has 0 aromatic heterocycles. The van der Waals surface area contributed by atoms with Crippen molar-refractivity contribution >= 4 is 23.5 Å².